The van der Waals surface area contributed by atoms with Crippen molar-refractivity contribution < 1.29 is 19.4 Å². The second-order valence-electron chi connectivity index (χ2n) is 3.96. The number of benzene rings is 1. The predicted molar refractivity (Wildman–Crippen MR) is 76.5 cm³/mol. The molecular formula is C13H10Cl2N2O4. The number of carboxylic acids is 1. The van der Waals surface area contributed by atoms with Crippen LogP contribution in [0.1, 0.15) is 27.8 Å². The van der Waals surface area contributed by atoms with Gasteiger partial charge in [0.2, 0.25) is 0 Å². The van der Waals surface area contributed by atoms with Crippen LogP contribution in [0, 0.1) is 0 Å². The Morgan fingerprint density at radius 2 is 2.05 bits per heavy atom. The number of carbonyl (C=O) groups is 2. The van der Waals surface area contributed by atoms with Crippen molar-refractivity contribution in [1.29, 1.82) is 0 Å². The highest BCUT2D eigenvalue weighted by Crippen LogP contribution is 2.24. The van der Waals surface area contributed by atoms with Gasteiger partial charge in [-0.3, -0.25) is 0 Å². The van der Waals surface area contributed by atoms with E-state index in [0.717, 1.165) is 0 Å². The Kier molecular flexibility index (Phi) is 4.50. The monoisotopic (exact) mass is 328 g/mol. The number of aromatic nitrogens is 2. The van der Waals surface area contributed by atoms with Gasteiger partial charge in [0.05, 0.1) is 22.3 Å². The summed E-state index contributed by atoms with van der Waals surface area (Å²) < 4.78 is 6.02. The van der Waals surface area contributed by atoms with Gasteiger partial charge in [0, 0.05) is 6.20 Å². The Bertz CT molecular complexity index is 712. The lowest BCUT2D eigenvalue weighted by Gasteiger charge is -2.02. The molecule has 1 aromatic heterocycles. The molecule has 0 bridgehead atoms. The van der Waals surface area contributed by atoms with E-state index in [-0.39, 0.29) is 17.9 Å². The topological polar surface area (TPSA) is 81.4 Å². The van der Waals surface area contributed by atoms with Crippen LogP contribution in [0.5, 0.6) is 0 Å². The van der Waals surface area contributed by atoms with Crippen molar-refractivity contribution >= 4 is 35.1 Å². The molecule has 2 aromatic rings. The van der Waals surface area contributed by atoms with Crippen LogP contribution >= 0.6 is 23.2 Å². The fourth-order valence-electron chi connectivity index (χ4n) is 1.64. The van der Waals surface area contributed by atoms with E-state index in [1.54, 1.807) is 19.1 Å². The van der Waals surface area contributed by atoms with Crippen LogP contribution in [-0.4, -0.2) is 33.4 Å². The summed E-state index contributed by atoms with van der Waals surface area (Å²) in [6.07, 6.45) is 1.22. The summed E-state index contributed by atoms with van der Waals surface area (Å²) in [5.74, 6) is -2.07. The van der Waals surface area contributed by atoms with Crippen LogP contribution in [0.15, 0.2) is 24.4 Å². The number of aromatic carboxylic acids is 1. The lowest BCUT2D eigenvalue weighted by molar-refractivity contribution is 0.0507. The first-order chi connectivity index (χ1) is 9.93. The second kappa shape index (κ2) is 6.15. The van der Waals surface area contributed by atoms with Gasteiger partial charge >= 0.3 is 11.9 Å². The van der Waals surface area contributed by atoms with Crippen molar-refractivity contribution in [1.82, 2.24) is 9.78 Å². The van der Waals surface area contributed by atoms with E-state index in [2.05, 4.69) is 5.10 Å². The molecule has 0 aliphatic rings. The van der Waals surface area contributed by atoms with E-state index in [1.165, 1.54) is 16.9 Å². The summed E-state index contributed by atoms with van der Waals surface area (Å²) >= 11 is 11.7. The zero-order valence-corrected chi connectivity index (χ0v) is 12.4. The predicted octanol–water partition coefficient (Wildman–Crippen LogP) is 3.05. The molecule has 1 aromatic carbocycles. The van der Waals surface area contributed by atoms with E-state index < -0.39 is 11.9 Å². The molecule has 8 heteroatoms. The molecule has 0 unspecified atom stereocenters. The largest absolute Gasteiger partial charge is 0.478 e. The fraction of sp³-hybridized carbons (Fsp3) is 0.154. The van der Waals surface area contributed by atoms with Gasteiger partial charge in [-0.2, -0.15) is 5.10 Å². The molecule has 0 radical (unpaired) electrons. The molecule has 0 aliphatic heterocycles. The minimum absolute atomic E-state index is 0.123. The molecule has 0 fully saturated rings. The summed E-state index contributed by atoms with van der Waals surface area (Å²) in [4.78, 5) is 22.9. The first-order valence-corrected chi connectivity index (χ1v) is 6.65. The average Bonchev–Trinajstić information content (AvgIpc) is 2.87. The summed E-state index contributed by atoms with van der Waals surface area (Å²) in [7, 11) is 0. The highest BCUT2D eigenvalue weighted by Gasteiger charge is 2.23. The lowest BCUT2D eigenvalue weighted by Crippen LogP contribution is -2.11. The Hall–Kier alpha value is -2.05. The zero-order valence-electron chi connectivity index (χ0n) is 10.8. The fourth-order valence-corrected chi connectivity index (χ4v) is 1.93. The molecule has 0 saturated carbocycles. The van der Waals surface area contributed by atoms with E-state index in [1.807, 2.05) is 0 Å². The van der Waals surface area contributed by atoms with Gasteiger partial charge in [0.1, 0.15) is 5.56 Å². The lowest BCUT2D eigenvalue weighted by atomic mass is 10.2. The maximum absolute atomic E-state index is 11.7. The molecular weight excluding hydrogens is 319 g/mol. The van der Waals surface area contributed by atoms with Crippen molar-refractivity contribution in [2.75, 3.05) is 6.61 Å². The first-order valence-electron chi connectivity index (χ1n) is 5.89. The Morgan fingerprint density at radius 1 is 1.33 bits per heavy atom. The van der Waals surface area contributed by atoms with Gasteiger partial charge in [-0.15, -0.1) is 0 Å². The van der Waals surface area contributed by atoms with Crippen LogP contribution in [0.2, 0.25) is 10.0 Å². The van der Waals surface area contributed by atoms with Crippen molar-refractivity contribution in [3.05, 3.63) is 45.7 Å². The molecule has 0 saturated heterocycles. The van der Waals surface area contributed by atoms with E-state index >= 15 is 0 Å². The number of rotatable bonds is 4. The molecule has 0 aliphatic carbocycles. The van der Waals surface area contributed by atoms with E-state index in [0.29, 0.717) is 15.7 Å². The minimum Gasteiger partial charge on any atom is -0.478 e. The third-order valence-corrected chi connectivity index (χ3v) is 3.32. The standard InChI is InChI=1S/C13H10Cl2N2O4/c1-2-21-13(20)11-8(12(18)19)6-17(16-11)7-3-4-9(14)10(15)5-7/h3-6H,2H2,1H3,(H,18,19). The number of hydrogen-bond acceptors (Lipinski definition) is 4. The van der Waals surface area contributed by atoms with E-state index in [9.17, 15) is 9.59 Å². The molecule has 2 rings (SSSR count). The van der Waals surface area contributed by atoms with Crippen LogP contribution in [0.25, 0.3) is 5.69 Å². The van der Waals surface area contributed by atoms with E-state index in [4.69, 9.17) is 33.0 Å². The van der Waals surface area contributed by atoms with Gasteiger partial charge in [-0.25, -0.2) is 14.3 Å². The highest BCUT2D eigenvalue weighted by atomic mass is 35.5. The SMILES string of the molecule is CCOC(=O)c1nn(-c2ccc(Cl)c(Cl)c2)cc1C(=O)O. The molecule has 1 heterocycles. The smallest absolute Gasteiger partial charge is 0.359 e. The molecule has 0 amide bonds. The third-order valence-electron chi connectivity index (χ3n) is 2.58. The van der Waals surface area contributed by atoms with Gasteiger partial charge in [-0.1, -0.05) is 23.2 Å². The molecule has 0 spiro atoms. The molecule has 21 heavy (non-hydrogen) atoms. The average molecular weight is 329 g/mol. The van der Waals surface area contributed by atoms with Crippen molar-refractivity contribution in [2.45, 2.75) is 6.92 Å². The number of carbonyl (C=O) groups excluding carboxylic acids is 1. The number of nitrogens with zero attached hydrogens (tertiary/aromatic N) is 2. The Morgan fingerprint density at radius 3 is 2.62 bits per heavy atom. The number of hydrogen-bond donors (Lipinski definition) is 1. The van der Waals surface area contributed by atoms with Crippen molar-refractivity contribution in [2.24, 2.45) is 0 Å². The summed E-state index contributed by atoms with van der Waals surface area (Å²) in [5, 5.41) is 13.7. The van der Waals surface area contributed by atoms with Crippen molar-refractivity contribution in [3.8, 4) is 5.69 Å². The van der Waals surface area contributed by atoms with Crippen LogP contribution in [0.4, 0.5) is 0 Å². The molecule has 0 atom stereocenters. The molecule has 110 valence electrons. The molecule has 6 nitrogen and oxygen atoms in total. The third kappa shape index (κ3) is 3.17. The number of esters is 1. The Labute approximate surface area is 129 Å². The van der Waals surface area contributed by atoms with Gasteiger partial charge in [-0.05, 0) is 25.1 Å². The van der Waals surface area contributed by atoms with Gasteiger partial charge in [0.25, 0.3) is 0 Å². The van der Waals surface area contributed by atoms with Gasteiger partial charge in [0.15, 0.2) is 5.69 Å². The van der Waals surface area contributed by atoms with Crippen LogP contribution in [-0.2, 0) is 4.74 Å². The zero-order chi connectivity index (χ0) is 15.6. The maximum atomic E-state index is 11.7. The molecule has 1 N–H and O–H groups in total. The number of ether oxygens (including phenoxy) is 1. The normalized spacial score (nSPS) is 10.4. The van der Waals surface area contributed by atoms with Crippen LogP contribution in [0.3, 0.4) is 0 Å². The second-order valence-corrected chi connectivity index (χ2v) is 4.77. The first kappa shape index (κ1) is 15.3. The summed E-state index contributed by atoms with van der Waals surface area (Å²) in [6.45, 7) is 1.74. The maximum Gasteiger partial charge on any atom is 0.359 e. The van der Waals surface area contributed by atoms with Crippen molar-refractivity contribution in [3.63, 3.8) is 0 Å². The van der Waals surface area contributed by atoms with Gasteiger partial charge < -0.3 is 9.84 Å². The number of carboxylic acid groups (broad SMARTS) is 1. The summed E-state index contributed by atoms with van der Waals surface area (Å²) in [5.41, 5.74) is -0.0441. The minimum atomic E-state index is -1.27. The Balaban J connectivity index is 2.50. The highest BCUT2D eigenvalue weighted by molar-refractivity contribution is 6.42. The quantitative estimate of drug-likeness (QED) is 0.872. The number of halogens is 2. The van der Waals surface area contributed by atoms with Crippen LogP contribution < -0.4 is 0 Å². The summed E-state index contributed by atoms with van der Waals surface area (Å²) in [6, 6.07) is 4.66.